The largest absolute Gasteiger partial charge is 0.465 e. The van der Waals surface area contributed by atoms with Gasteiger partial charge in [-0.1, -0.05) is 47.7 Å². The minimum Gasteiger partial charge on any atom is -0.465 e. The zero-order chi connectivity index (χ0) is 35.1. The quantitative estimate of drug-likeness (QED) is 0.124. The van der Waals surface area contributed by atoms with E-state index in [4.69, 9.17) is 4.74 Å². The van der Waals surface area contributed by atoms with Gasteiger partial charge in [0.2, 0.25) is 0 Å². The van der Waals surface area contributed by atoms with Crippen LogP contribution >= 0.6 is 0 Å². The molecule has 0 aliphatic carbocycles. The number of carbonyl (C=O) groups is 1. The van der Waals surface area contributed by atoms with Crippen LogP contribution < -0.4 is 0 Å². The van der Waals surface area contributed by atoms with Crippen LogP contribution in [-0.4, -0.2) is 58.0 Å². The Kier molecular flexibility index (Phi) is 13.3. The molecule has 8 rings (SSSR count). The number of carbonyl (C=O) groups excluding carboxylic acids is 1. The molecule has 8 aromatic rings. The number of ether oxygens (including phenoxy) is 1. The summed E-state index contributed by atoms with van der Waals surface area (Å²) in [6.07, 6.45) is 12.3. The van der Waals surface area contributed by atoms with E-state index in [0.717, 1.165) is 45.4 Å². The summed E-state index contributed by atoms with van der Waals surface area (Å²) in [5, 5.41) is 8.42. The summed E-state index contributed by atoms with van der Waals surface area (Å²) >= 11 is 0. The van der Waals surface area contributed by atoms with Crippen molar-refractivity contribution in [2.24, 2.45) is 0 Å². The molecule has 0 amide bonds. The Labute approximate surface area is 313 Å². The van der Waals surface area contributed by atoms with Crippen molar-refractivity contribution < 1.29 is 29.0 Å². The van der Waals surface area contributed by atoms with E-state index in [2.05, 4.69) is 40.2 Å². The van der Waals surface area contributed by atoms with Gasteiger partial charge in [0.15, 0.2) is 0 Å². The van der Waals surface area contributed by atoms with Crippen LogP contribution in [0.1, 0.15) is 10.4 Å². The molecule has 7 heterocycles. The Morgan fingerprint density at radius 1 is 0.500 bits per heavy atom. The maximum Gasteiger partial charge on any atom is 0.337 e. The van der Waals surface area contributed by atoms with Crippen molar-refractivity contribution in [1.29, 1.82) is 0 Å². The number of aromatic nitrogens is 9. The molecule has 0 bridgehead atoms. The summed E-state index contributed by atoms with van der Waals surface area (Å²) in [5.41, 5.74) is 8.08. The van der Waals surface area contributed by atoms with Crippen LogP contribution in [0.2, 0.25) is 0 Å². The Bertz CT molecular complexity index is 2090. The van der Waals surface area contributed by atoms with Gasteiger partial charge in [0.25, 0.3) is 0 Å². The fourth-order valence-corrected chi connectivity index (χ4v) is 4.69. The maximum absolute atomic E-state index is 11.5. The number of pyridine rings is 6. The molecule has 0 spiro atoms. The molecule has 11 nitrogen and oxygen atoms in total. The molecule has 0 atom stereocenters. The molecule has 0 aliphatic rings. The van der Waals surface area contributed by atoms with Crippen molar-refractivity contribution in [3.05, 3.63) is 176 Å². The second kappa shape index (κ2) is 18.9. The minimum atomic E-state index is -0.371. The zero-order valence-corrected chi connectivity index (χ0v) is 29.6. The second-order valence-electron chi connectivity index (χ2n) is 10.6. The first-order chi connectivity index (χ1) is 25.2. The number of rotatable bonds is 6. The third kappa shape index (κ3) is 9.96. The topological polar surface area (TPSA) is 134 Å². The van der Waals surface area contributed by atoms with Gasteiger partial charge >= 0.3 is 5.97 Å². The van der Waals surface area contributed by atoms with Gasteiger partial charge in [-0.3, -0.25) is 29.9 Å². The van der Waals surface area contributed by atoms with E-state index < -0.39 is 0 Å². The van der Waals surface area contributed by atoms with Crippen molar-refractivity contribution in [1.82, 2.24) is 44.9 Å². The molecule has 0 aliphatic heterocycles. The fourth-order valence-electron chi connectivity index (χ4n) is 4.69. The average Bonchev–Trinajstić information content (AvgIpc) is 3.74. The van der Waals surface area contributed by atoms with Gasteiger partial charge in [0.1, 0.15) is 5.69 Å². The predicted molar refractivity (Wildman–Crippen MR) is 194 cm³/mol. The third-order valence-electron chi connectivity index (χ3n) is 7.21. The third-order valence-corrected chi connectivity index (χ3v) is 7.21. The molecular weight excluding hydrogens is 740 g/mol. The van der Waals surface area contributed by atoms with Crippen LogP contribution in [0.15, 0.2) is 171 Å². The monoisotopic (exact) mass is 771 g/mol. The Morgan fingerprint density at radius 2 is 0.923 bits per heavy atom. The van der Waals surface area contributed by atoms with Crippen LogP contribution in [-0.2, 0) is 24.2 Å². The molecule has 52 heavy (non-hydrogen) atoms. The Morgan fingerprint density at radius 3 is 1.33 bits per heavy atom. The SMILES string of the molecule is COC(=O)c1ccc(-c2cn(-c3ccnc(-c4ccccn4)c3)nn2)cc1.[Ru].c1ccc(-c2ccccn2)nc1.c1ccc(-c2ccccn2)nc1. The molecule has 0 saturated carbocycles. The summed E-state index contributed by atoms with van der Waals surface area (Å²) in [5.74, 6) is -0.371. The molecule has 0 N–H and O–H groups in total. The van der Waals surface area contributed by atoms with Gasteiger partial charge in [-0.25, -0.2) is 9.48 Å². The van der Waals surface area contributed by atoms with E-state index in [0.29, 0.717) is 11.3 Å². The molecule has 0 saturated heterocycles. The molecule has 7 aromatic heterocycles. The Hall–Kier alpha value is -6.65. The van der Waals surface area contributed by atoms with Crippen molar-refractivity contribution >= 4 is 5.97 Å². The molecule has 0 unspecified atom stereocenters. The second-order valence-corrected chi connectivity index (χ2v) is 10.6. The van der Waals surface area contributed by atoms with Gasteiger partial charge in [-0.2, -0.15) is 0 Å². The number of hydrogen-bond acceptors (Lipinski definition) is 10. The minimum absolute atomic E-state index is 0. The first-order valence-corrected chi connectivity index (χ1v) is 15.8. The van der Waals surface area contributed by atoms with Crippen LogP contribution in [0.5, 0.6) is 0 Å². The smallest absolute Gasteiger partial charge is 0.337 e. The van der Waals surface area contributed by atoms with Crippen LogP contribution in [0.3, 0.4) is 0 Å². The Balaban J connectivity index is 0.000000173. The van der Waals surface area contributed by atoms with E-state index in [-0.39, 0.29) is 25.4 Å². The standard InChI is InChI=1S/C20H15N5O2.2C10H8N2.Ru/c1-27-20(26)15-7-5-14(6-8-15)19-13-25(24-23-19)16-9-11-22-18(12-16)17-4-2-3-10-21-17;2*1-3-7-11-9(5-1)10-6-2-4-8-12-10;/h2-13H,1H3;2*1-8H;. The van der Waals surface area contributed by atoms with Crippen molar-refractivity contribution in [3.63, 3.8) is 0 Å². The number of benzene rings is 1. The summed E-state index contributed by atoms with van der Waals surface area (Å²) < 4.78 is 6.39. The van der Waals surface area contributed by atoms with Crippen LogP contribution in [0.4, 0.5) is 0 Å². The van der Waals surface area contributed by atoms with E-state index in [9.17, 15) is 4.79 Å². The van der Waals surface area contributed by atoms with Gasteiger partial charge in [-0.05, 0) is 84.9 Å². The number of hydrogen-bond donors (Lipinski definition) is 0. The molecular formula is C40H31N9O2Ru. The first kappa shape index (κ1) is 36.6. The molecule has 12 heteroatoms. The van der Waals surface area contributed by atoms with Crippen molar-refractivity contribution in [3.8, 4) is 51.1 Å². The first-order valence-electron chi connectivity index (χ1n) is 15.8. The van der Waals surface area contributed by atoms with E-state index in [1.807, 2.05) is 121 Å². The summed E-state index contributed by atoms with van der Waals surface area (Å²) in [7, 11) is 1.36. The zero-order valence-electron chi connectivity index (χ0n) is 27.9. The average molecular weight is 771 g/mol. The number of methoxy groups -OCH3 is 1. The predicted octanol–water partition coefficient (Wildman–Crippen LogP) is 7.46. The van der Waals surface area contributed by atoms with Gasteiger partial charge in [0.05, 0.1) is 58.7 Å². The van der Waals surface area contributed by atoms with Gasteiger partial charge < -0.3 is 4.74 Å². The normalized spacial score (nSPS) is 9.94. The summed E-state index contributed by atoms with van der Waals surface area (Å²) in [6, 6.07) is 39.7. The molecule has 256 valence electrons. The fraction of sp³-hybridized carbons (Fsp3) is 0.0250. The molecule has 1 aromatic carbocycles. The van der Waals surface area contributed by atoms with Crippen LogP contribution in [0, 0.1) is 0 Å². The van der Waals surface area contributed by atoms with Crippen molar-refractivity contribution in [2.45, 2.75) is 0 Å². The summed E-state index contributed by atoms with van der Waals surface area (Å²) in [4.78, 5) is 37.0. The van der Waals surface area contributed by atoms with E-state index in [1.165, 1.54) is 7.11 Å². The van der Waals surface area contributed by atoms with Crippen LogP contribution in [0.25, 0.3) is 51.1 Å². The molecule has 0 radical (unpaired) electrons. The molecule has 0 fully saturated rings. The maximum atomic E-state index is 11.5. The van der Waals surface area contributed by atoms with E-state index in [1.54, 1.807) is 54.0 Å². The van der Waals surface area contributed by atoms with Gasteiger partial charge in [-0.15, -0.1) is 5.10 Å². The number of nitrogens with zero attached hydrogens (tertiary/aromatic N) is 9. The summed E-state index contributed by atoms with van der Waals surface area (Å²) in [6.45, 7) is 0. The van der Waals surface area contributed by atoms with Crippen molar-refractivity contribution in [2.75, 3.05) is 7.11 Å². The number of esters is 1. The van der Waals surface area contributed by atoms with Gasteiger partial charge in [0, 0.05) is 62.2 Å². The van der Waals surface area contributed by atoms with E-state index >= 15 is 0 Å².